The van der Waals surface area contributed by atoms with Crippen LogP contribution in [0, 0.1) is 5.92 Å². The summed E-state index contributed by atoms with van der Waals surface area (Å²) < 4.78 is 5.29. The number of carbonyl (C=O) groups is 1. The van der Waals surface area contributed by atoms with E-state index in [4.69, 9.17) is 10.5 Å². The van der Waals surface area contributed by atoms with E-state index in [2.05, 4.69) is 17.1 Å². The first-order valence-electron chi connectivity index (χ1n) is 6.99. The predicted octanol–water partition coefficient (Wildman–Crippen LogP) is 0.200. The minimum Gasteiger partial charge on any atom is -0.379 e. The number of ether oxygens (including phenoxy) is 1. The molecular weight excluding hydrogens is 230 g/mol. The van der Waals surface area contributed by atoms with Crippen molar-refractivity contribution in [2.75, 3.05) is 45.9 Å². The molecule has 1 heterocycles. The molecule has 106 valence electrons. The molecule has 0 bridgehead atoms. The Morgan fingerprint density at radius 2 is 2.17 bits per heavy atom. The molecule has 1 fully saturated rings. The largest absolute Gasteiger partial charge is 0.379 e. The van der Waals surface area contributed by atoms with Crippen LogP contribution < -0.4 is 11.1 Å². The van der Waals surface area contributed by atoms with Crippen LogP contribution >= 0.6 is 0 Å². The maximum atomic E-state index is 11.5. The molecule has 1 rings (SSSR count). The standard InChI is InChI=1S/C13H27N3O2/c1-12(11-14)3-4-13(17)15-5-2-6-16-7-9-18-10-8-16/h12H,2-11,14H2,1H3,(H,15,17). The first-order chi connectivity index (χ1) is 8.72. The summed E-state index contributed by atoms with van der Waals surface area (Å²) in [5.41, 5.74) is 5.52. The summed E-state index contributed by atoms with van der Waals surface area (Å²) in [5.74, 6) is 0.585. The van der Waals surface area contributed by atoms with E-state index < -0.39 is 0 Å². The number of rotatable bonds is 8. The number of hydrogen-bond donors (Lipinski definition) is 2. The first-order valence-corrected chi connectivity index (χ1v) is 6.99. The van der Waals surface area contributed by atoms with E-state index >= 15 is 0 Å². The molecule has 0 aromatic carbocycles. The third-order valence-electron chi connectivity index (χ3n) is 3.34. The summed E-state index contributed by atoms with van der Waals surface area (Å²) in [6, 6.07) is 0. The van der Waals surface area contributed by atoms with Gasteiger partial charge in [0.05, 0.1) is 13.2 Å². The van der Waals surface area contributed by atoms with E-state index in [1.807, 2.05) is 0 Å². The molecule has 0 aliphatic carbocycles. The number of nitrogens with one attached hydrogen (secondary N) is 1. The highest BCUT2D eigenvalue weighted by atomic mass is 16.5. The van der Waals surface area contributed by atoms with Crippen LogP contribution in [0.4, 0.5) is 0 Å². The lowest BCUT2D eigenvalue weighted by atomic mass is 10.1. The Labute approximate surface area is 110 Å². The Kier molecular flexibility index (Phi) is 7.96. The third kappa shape index (κ3) is 6.93. The fraction of sp³-hybridized carbons (Fsp3) is 0.923. The first kappa shape index (κ1) is 15.4. The fourth-order valence-corrected chi connectivity index (χ4v) is 1.94. The van der Waals surface area contributed by atoms with Gasteiger partial charge in [-0.2, -0.15) is 0 Å². The number of nitrogens with two attached hydrogens (primary N) is 1. The lowest BCUT2D eigenvalue weighted by Crippen LogP contribution is -2.38. The highest BCUT2D eigenvalue weighted by Gasteiger charge is 2.09. The highest BCUT2D eigenvalue weighted by Crippen LogP contribution is 2.02. The van der Waals surface area contributed by atoms with Crippen molar-refractivity contribution in [3.8, 4) is 0 Å². The van der Waals surface area contributed by atoms with Crippen molar-refractivity contribution in [1.82, 2.24) is 10.2 Å². The minimum absolute atomic E-state index is 0.150. The average molecular weight is 257 g/mol. The number of morpholine rings is 1. The van der Waals surface area contributed by atoms with Gasteiger partial charge in [-0.25, -0.2) is 0 Å². The Hall–Kier alpha value is -0.650. The van der Waals surface area contributed by atoms with Crippen molar-refractivity contribution < 1.29 is 9.53 Å². The van der Waals surface area contributed by atoms with Gasteiger partial charge < -0.3 is 15.8 Å². The van der Waals surface area contributed by atoms with Crippen LogP contribution in [0.25, 0.3) is 0 Å². The van der Waals surface area contributed by atoms with Gasteiger partial charge in [-0.1, -0.05) is 6.92 Å². The second-order valence-corrected chi connectivity index (χ2v) is 5.04. The molecule has 0 saturated carbocycles. The molecule has 5 nitrogen and oxygen atoms in total. The fourth-order valence-electron chi connectivity index (χ4n) is 1.94. The predicted molar refractivity (Wildman–Crippen MR) is 72.3 cm³/mol. The van der Waals surface area contributed by atoms with Crippen molar-refractivity contribution >= 4 is 5.91 Å². The van der Waals surface area contributed by atoms with E-state index in [0.29, 0.717) is 18.9 Å². The summed E-state index contributed by atoms with van der Waals surface area (Å²) in [7, 11) is 0. The highest BCUT2D eigenvalue weighted by molar-refractivity contribution is 5.75. The van der Waals surface area contributed by atoms with Gasteiger partial charge in [-0.05, 0) is 31.8 Å². The lowest BCUT2D eigenvalue weighted by Gasteiger charge is -2.26. The van der Waals surface area contributed by atoms with Crippen molar-refractivity contribution in [2.24, 2.45) is 11.7 Å². The van der Waals surface area contributed by atoms with Gasteiger partial charge in [0.25, 0.3) is 0 Å². The monoisotopic (exact) mass is 257 g/mol. The molecule has 0 radical (unpaired) electrons. The van der Waals surface area contributed by atoms with Crippen molar-refractivity contribution in [3.05, 3.63) is 0 Å². The van der Waals surface area contributed by atoms with E-state index in [1.165, 1.54) is 0 Å². The van der Waals surface area contributed by atoms with Crippen LogP contribution in [0.1, 0.15) is 26.2 Å². The van der Waals surface area contributed by atoms with Crippen LogP contribution in [-0.4, -0.2) is 56.7 Å². The van der Waals surface area contributed by atoms with Crippen molar-refractivity contribution in [1.29, 1.82) is 0 Å². The Morgan fingerprint density at radius 3 is 2.83 bits per heavy atom. The molecule has 0 aromatic rings. The van der Waals surface area contributed by atoms with Crippen LogP contribution in [0.15, 0.2) is 0 Å². The molecule has 5 heteroatoms. The average Bonchev–Trinajstić information content (AvgIpc) is 2.42. The second kappa shape index (κ2) is 9.30. The van der Waals surface area contributed by atoms with Crippen molar-refractivity contribution in [3.63, 3.8) is 0 Å². The minimum atomic E-state index is 0.150. The molecule has 1 aliphatic rings. The number of nitrogens with zero attached hydrogens (tertiary/aromatic N) is 1. The molecule has 1 atom stereocenters. The summed E-state index contributed by atoms with van der Waals surface area (Å²) in [4.78, 5) is 13.9. The SMILES string of the molecule is CC(CN)CCC(=O)NCCCN1CCOCC1. The maximum Gasteiger partial charge on any atom is 0.220 e. The molecule has 1 amide bonds. The summed E-state index contributed by atoms with van der Waals surface area (Å²) >= 11 is 0. The van der Waals surface area contributed by atoms with Crippen LogP contribution in [0.2, 0.25) is 0 Å². The van der Waals surface area contributed by atoms with E-state index in [9.17, 15) is 4.79 Å². The van der Waals surface area contributed by atoms with Gasteiger partial charge in [-0.3, -0.25) is 9.69 Å². The quantitative estimate of drug-likeness (QED) is 0.610. The Balaban J connectivity index is 1.94. The molecule has 1 saturated heterocycles. The van der Waals surface area contributed by atoms with Crippen LogP contribution in [0.5, 0.6) is 0 Å². The molecule has 0 aromatic heterocycles. The van der Waals surface area contributed by atoms with Crippen LogP contribution in [0.3, 0.4) is 0 Å². The van der Waals surface area contributed by atoms with Crippen LogP contribution in [-0.2, 0) is 9.53 Å². The molecular formula is C13H27N3O2. The Bertz CT molecular complexity index is 230. The van der Waals surface area contributed by atoms with E-state index in [0.717, 1.165) is 52.2 Å². The van der Waals surface area contributed by atoms with E-state index in [1.54, 1.807) is 0 Å². The van der Waals surface area contributed by atoms with Crippen molar-refractivity contribution in [2.45, 2.75) is 26.2 Å². The number of hydrogen-bond acceptors (Lipinski definition) is 4. The molecule has 1 aliphatic heterocycles. The van der Waals surface area contributed by atoms with Gasteiger partial charge in [0.15, 0.2) is 0 Å². The van der Waals surface area contributed by atoms with Gasteiger partial charge in [0.1, 0.15) is 0 Å². The number of carbonyl (C=O) groups excluding carboxylic acids is 1. The Morgan fingerprint density at radius 1 is 1.44 bits per heavy atom. The van der Waals surface area contributed by atoms with E-state index in [-0.39, 0.29) is 5.91 Å². The topological polar surface area (TPSA) is 67.6 Å². The third-order valence-corrected chi connectivity index (χ3v) is 3.34. The van der Waals surface area contributed by atoms with Gasteiger partial charge >= 0.3 is 0 Å². The zero-order valence-electron chi connectivity index (χ0n) is 11.5. The zero-order valence-corrected chi connectivity index (χ0v) is 11.5. The maximum absolute atomic E-state index is 11.5. The van der Waals surface area contributed by atoms with Gasteiger partial charge in [0, 0.05) is 26.1 Å². The molecule has 3 N–H and O–H groups in total. The normalized spacial score (nSPS) is 18.6. The smallest absolute Gasteiger partial charge is 0.220 e. The second-order valence-electron chi connectivity index (χ2n) is 5.04. The van der Waals surface area contributed by atoms with Gasteiger partial charge in [-0.15, -0.1) is 0 Å². The zero-order chi connectivity index (χ0) is 13.2. The molecule has 0 spiro atoms. The molecule has 18 heavy (non-hydrogen) atoms. The summed E-state index contributed by atoms with van der Waals surface area (Å²) in [5, 5.41) is 2.96. The summed E-state index contributed by atoms with van der Waals surface area (Å²) in [6.45, 7) is 8.25. The molecule has 1 unspecified atom stereocenters. The summed E-state index contributed by atoms with van der Waals surface area (Å²) in [6.07, 6.45) is 2.49. The lowest BCUT2D eigenvalue weighted by molar-refractivity contribution is -0.121. The van der Waals surface area contributed by atoms with Gasteiger partial charge in [0.2, 0.25) is 5.91 Å². The number of amides is 1.